The van der Waals surface area contributed by atoms with Crippen LogP contribution in [0.3, 0.4) is 0 Å². The number of ether oxygens (including phenoxy) is 1. The van der Waals surface area contributed by atoms with Gasteiger partial charge in [0.25, 0.3) is 0 Å². The molecule has 0 N–H and O–H groups in total. The van der Waals surface area contributed by atoms with Crippen LogP contribution in [0.15, 0.2) is 12.3 Å². The standard InChI is InChI=1S/C6H10O/c1-6-4-2-3-5-7-6/h3,5-6H,2,4H2,1H3/t6-/m1/s1. The van der Waals surface area contributed by atoms with Crippen LogP contribution >= 0.6 is 0 Å². The van der Waals surface area contributed by atoms with Gasteiger partial charge in [-0.3, -0.25) is 0 Å². The molecule has 0 radical (unpaired) electrons. The minimum atomic E-state index is 0.449. The monoisotopic (exact) mass is 98.1 g/mol. The summed E-state index contributed by atoms with van der Waals surface area (Å²) in [5, 5.41) is 0. The van der Waals surface area contributed by atoms with Crippen LogP contribution < -0.4 is 0 Å². The summed E-state index contributed by atoms with van der Waals surface area (Å²) < 4.78 is 5.10. The first-order valence-electron chi connectivity index (χ1n) is 2.70. The summed E-state index contributed by atoms with van der Waals surface area (Å²) in [5.74, 6) is 0. The summed E-state index contributed by atoms with van der Waals surface area (Å²) in [6.45, 7) is 2.09. The van der Waals surface area contributed by atoms with E-state index < -0.39 is 0 Å². The first kappa shape index (κ1) is 4.69. The third kappa shape index (κ3) is 1.22. The van der Waals surface area contributed by atoms with Crippen molar-refractivity contribution in [3.05, 3.63) is 12.3 Å². The van der Waals surface area contributed by atoms with Gasteiger partial charge in [0, 0.05) is 0 Å². The van der Waals surface area contributed by atoms with Crippen molar-refractivity contribution in [3.63, 3.8) is 0 Å². The van der Waals surface area contributed by atoms with Gasteiger partial charge in [0.2, 0.25) is 0 Å². The van der Waals surface area contributed by atoms with E-state index in [-0.39, 0.29) is 0 Å². The first-order valence-corrected chi connectivity index (χ1v) is 2.70. The van der Waals surface area contributed by atoms with Crippen molar-refractivity contribution in [3.8, 4) is 0 Å². The lowest BCUT2D eigenvalue weighted by Crippen LogP contribution is -2.05. The molecule has 0 aromatic rings. The highest BCUT2D eigenvalue weighted by Gasteiger charge is 2.00. The molecular formula is C6H10O. The maximum absolute atomic E-state index is 5.10. The molecule has 0 fully saturated rings. The zero-order chi connectivity index (χ0) is 5.11. The lowest BCUT2D eigenvalue weighted by molar-refractivity contribution is 0.141. The maximum atomic E-state index is 5.10. The third-order valence-electron chi connectivity index (χ3n) is 1.15. The van der Waals surface area contributed by atoms with Crippen molar-refractivity contribution >= 4 is 0 Å². The Morgan fingerprint density at radius 1 is 1.71 bits per heavy atom. The summed E-state index contributed by atoms with van der Waals surface area (Å²) >= 11 is 0. The van der Waals surface area contributed by atoms with Crippen LogP contribution in [-0.2, 0) is 4.74 Å². The van der Waals surface area contributed by atoms with Crippen LogP contribution in [0.4, 0.5) is 0 Å². The molecule has 0 unspecified atom stereocenters. The Morgan fingerprint density at radius 2 is 2.57 bits per heavy atom. The molecule has 0 aromatic carbocycles. The van der Waals surface area contributed by atoms with Gasteiger partial charge < -0.3 is 4.74 Å². The van der Waals surface area contributed by atoms with Crippen molar-refractivity contribution in [1.29, 1.82) is 0 Å². The highest BCUT2D eigenvalue weighted by atomic mass is 16.5. The van der Waals surface area contributed by atoms with Crippen LogP contribution in [0.2, 0.25) is 0 Å². The van der Waals surface area contributed by atoms with Gasteiger partial charge in [0.15, 0.2) is 0 Å². The lowest BCUT2D eigenvalue weighted by Gasteiger charge is -2.12. The van der Waals surface area contributed by atoms with E-state index in [0.717, 1.165) is 0 Å². The molecule has 0 bridgehead atoms. The van der Waals surface area contributed by atoms with E-state index in [4.69, 9.17) is 4.74 Å². The summed E-state index contributed by atoms with van der Waals surface area (Å²) in [6.07, 6.45) is 6.65. The third-order valence-corrected chi connectivity index (χ3v) is 1.15. The zero-order valence-electron chi connectivity index (χ0n) is 4.55. The minimum absolute atomic E-state index is 0.449. The highest BCUT2D eigenvalue weighted by Crippen LogP contribution is 2.07. The largest absolute Gasteiger partial charge is 0.499 e. The normalized spacial score (nSPS) is 29.6. The number of hydrogen-bond acceptors (Lipinski definition) is 1. The predicted octanol–water partition coefficient (Wildman–Crippen LogP) is 1.70. The van der Waals surface area contributed by atoms with E-state index in [9.17, 15) is 0 Å². The van der Waals surface area contributed by atoms with Crippen molar-refractivity contribution < 1.29 is 4.74 Å². The molecule has 1 atom stereocenters. The molecule has 40 valence electrons. The molecule has 1 rings (SSSR count). The molecule has 1 nitrogen and oxygen atoms in total. The molecule has 0 spiro atoms. The van der Waals surface area contributed by atoms with Crippen molar-refractivity contribution in [1.82, 2.24) is 0 Å². The number of rotatable bonds is 0. The molecule has 1 heteroatoms. The van der Waals surface area contributed by atoms with E-state index in [1.165, 1.54) is 12.8 Å². The van der Waals surface area contributed by atoms with Crippen molar-refractivity contribution in [2.24, 2.45) is 0 Å². The van der Waals surface area contributed by atoms with Crippen molar-refractivity contribution in [2.75, 3.05) is 0 Å². The Labute approximate surface area is 44.0 Å². The van der Waals surface area contributed by atoms with E-state index in [1.807, 2.05) is 0 Å². The molecule has 0 saturated heterocycles. The summed E-state index contributed by atoms with van der Waals surface area (Å²) in [4.78, 5) is 0. The molecule has 0 aliphatic carbocycles. The number of hydrogen-bond donors (Lipinski definition) is 0. The molecule has 1 aliphatic rings. The van der Waals surface area contributed by atoms with Crippen LogP contribution in [0, 0.1) is 0 Å². The van der Waals surface area contributed by atoms with Gasteiger partial charge in [-0.2, -0.15) is 0 Å². The Kier molecular flexibility index (Phi) is 1.35. The molecular weight excluding hydrogens is 88.1 g/mol. The van der Waals surface area contributed by atoms with Crippen LogP contribution in [0.25, 0.3) is 0 Å². The predicted molar refractivity (Wildman–Crippen MR) is 28.9 cm³/mol. The van der Waals surface area contributed by atoms with Gasteiger partial charge in [-0.05, 0) is 25.8 Å². The Morgan fingerprint density at radius 3 is 2.86 bits per heavy atom. The second-order valence-corrected chi connectivity index (χ2v) is 1.90. The van der Waals surface area contributed by atoms with Gasteiger partial charge >= 0.3 is 0 Å². The smallest absolute Gasteiger partial charge is 0.0953 e. The van der Waals surface area contributed by atoms with E-state index in [1.54, 1.807) is 6.26 Å². The van der Waals surface area contributed by atoms with Gasteiger partial charge in [0.05, 0.1) is 12.4 Å². The van der Waals surface area contributed by atoms with Gasteiger partial charge in [-0.25, -0.2) is 0 Å². The van der Waals surface area contributed by atoms with Gasteiger partial charge in [-0.15, -0.1) is 0 Å². The number of allylic oxidation sites excluding steroid dienone is 1. The molecule has 1 aliphatic heterocycles. The molecule has 0 amide bonds. The summed E-state index contributed by atoms with van der Waals surface area (Å²) in [6, 6.07) is 0. The Hall–Kier alpha value is -0.460. The first-order chi connectivity index (χ1) is 3.39. The summed E-state index contributed by atoms with van der Waals surface area (Å²) in [7, 11) is 0. The second kappa shape index (κ2) is 2.01. The average molecular weight is 98.1 g/mol. The van der Waals surface area contributed by atoms with E-state index in [2.05, 4.69) is 13.0 Å². The van der Waals surface area contributed by atoms with Gasteiger partial charge in [0.1, 0.15) is 0 Å². The quantitative estimate of drug-likeness (QED) is 0.448. The fourth-order valence-corrected chi connectivity index (χ4v) is 0.657. The average Bonchev–Trinajstić information content (AvgIpc) is 1.69. The van der Waals surface area contributed by atoms with Gasteiger partial charge in [-0.1, -0.05) is 0 Å². The minimum Gasteiger partial charge on any atom is -0.499 e. The van der Waals surface area contributed by atoms with E-state index in [0.29, 0.717) is 6.10 Å². The maximum Gasteiger partial charge on any atom is 0.0953 e. The summed E-state index contributed by atoms with van der Waals surface area (Å²) in [5.41, 5.74) is 0. The molecule has 7 heavy (non-hydrogen) atoms. The van der Waals surface area contributed by atoms with E-state index >= 15 is 0 Å². The highest BCUT2D eigenvalue weighted by molar-refractivity contribution is 4.79. The Balaban J connectivity index is 2.32. The second-order valence-electron chi connectivity index (χ2n) is 1.90. The fourth-order valence-electron chi connectivity index (χ4n) is 0.657. The topological polar surface area (TPSA) is 9.23 Å². The zero-order valence-corrected chi connectivity index (χ0v) is 4.55. The fraction of sp³-hybridized carbons (Fsp3) is 0.667. The van der Waals surface area contributed by atoms with Crippen molar-refractivity contribution in [2.45, 2.75) is 25.9 Å². The molecule has 0 aromatic heterocycles. The Bertz CT molecular complexity index is 76.2. The van der Waals surface area contributed by atoms with Crippen LogP contribution in [0.1, 0.15) is 19.8 Å². The lowest BCUT2D eigenvalue weighted by atomic mass is 10.2. The SMILES string of the molecule is C[C@@H]1CCC=CO1. The molecule has 0 saturated carbocycles. The van der Waals surface area contributed by atoms with Crippen LogP contribution in [-0.4, -0.2) is 6.10 Å². The van der Waals surface area contributed by atoms with Crippen LogP contribution in [0.5, 0.6) is 0 Å². The molecule has 1 heterocycles.